The van der Waals surface area contributed by atoms with Gasteiger partial charge in [-0.15, -0.1) is 0 Å². The Bertz CT molecular complexity index is 473. The minimum absolute atomic E-state index is 0.141. The molecule has 0 aliphatic rings. The Balaban J connectivity index is 3.15. The Kier molecular flexibility index (Phi) is 4.64. The van der Waals surface area contributed by atoms with Gasteiger partial charge in [-0.25, -0.2) is 0 Å². The summed E-state index contributed by atoms with van der Waals surface area (Å²) in [6, 6.07) is 7.06. The third kappa shape index (κ3) is 3.82. The molecule has 0 fully saturated rings. The van der Waals surface area contributed by atoms with Crippen molar-refractivity contribution >= 4 is 29.2 Å². The van der Waals surface area contributed by atoms with Gasteiger partial charge < -0.3 is 0 Å². The molecular formula is C14H15ClO2. The highest BCUT2D eigenvalue weighted by molar-refractivity contribution is 6.30. The summed E-state index contributed by atoms with van der Waals surface area (Å²) in [6.45, 7) is 4.95. The van der Waals surface area contributed by atoms with Crippen LogP contribution in [-0.2, 0) is 9.59 Å². The lowest BCUT2D eigenvalue weighted by atomic mass is 9.96. The summed E-state index contributed by atoms with van der Waals surface area (Å²) in [6.07, 6.45) is 1.59. The first-order chi connectivity index (χ1) is 7.91. The van der Waals surface area contributed by atoms with Gasteiger partial charge in [0, 0.05) is 10.9 Å². The maximum atomic E-state index is 11.9. The number of hydrogen-bond donors (Lipinski definition) is 0. The zero-order valence-corrected chi connectivity index (χ0v) is 10.9. The van der Waals surface area contributed by atoms with Gasteiger partial charge in [0.2, 0.25) is 0 Å². The SMILES string of the molecule is CC(=O)/C(=C/c1cccc(Cl)c1)C(=O)C(C)C. The summed E-state index contributed by atoms with van der Waals surface area (Å²) >= 11 is 5.85. The fraction of sp³-hybridized carbons (Fsp3) is 0.286. The molecule has 0 radical (unpaired) electrons. The smallest absolute Gasteiger partial charge is 0.168 e. The van der Waals surface area contributed by atoms with Gasteiger partial charge in [0.05, 0.1) is 5.57 Å². The number of ketones is 2. The summed E-state index contributed by atoms with van der Waals surface area (Å²) in [5.74, 6) is -0.550. The molecule has 0 N–H and O–H groups in total. The molecule has 0 spiro atoms. The third-order valence-corrected chi connectivity index (χ3v) is 2.56. The molecule has 0 saturated carbocycles. The predicted octanol–water partition coefficient (Wildman–Crippen LogP) is 3.54. The standard InChI is InChI=1S/C14H15ClO2/c1-9(2)14(17)13(10(3)16)8-11-5-4-6-12(15)7-11/h4-9H,1-3H3/b13-8-. The third-order valence-electron chi connectivity index (χ3n) is 2.33. The maximum absolute atomic E-state index is 11.9. The van der Waals surface area contributed by atoms with E-state index in [-0.39, 0.29) is 23.1 Å². The molecule has 0 amide bonds. The van der Waals surface area contributed by atoms with E-state index in [2.05, 4.69) is 0 Å². The van der Waals surface area contributed by atoms with E-state index in [0.717, 1.165) is 5.56 Å². The van der Waals surface area contributed by atoms with Crippen molar-refractivity contribution in [1.29, 1.82) is 0 Å². The Labute approximate surface area is 106 Å². The van der Waals surface area contributed by atoms with Gasteiger partial charge >= 0.3 is 0 Å². The minimum Gasteiger partial charge on any atom is -0.294 e. The van der Waals surface area contributed by atoms with Crippen LogP contribution >= 0.6 is 11.6 Å². The van der Waals surface area contributed by atoms with E-state index in [1.165, 1.54) is 6.92 Å². The van der Waals surface area contributed by atoms with Crippen LogP contribution < -0.4 is 0 Å². The molecule has 1 aromatic rings. The van der Waals surface area contributed by atoms with Crippen LogP contribution in [0.2, 0.25) is 5.02 Å². The van der Waals surface area contributed by atoms with E-state index in [0.29, 0.717) is 5.02 Å². The van der Waals surface area contributed by atoms with E-state index >= 15 is 0 Å². The van der Waals surface area contributed by atoms with Gasteiger partial charge in [-0.3, -0.25) is 9.59 Å². The Morgan fingerprint density at radius 3 is 2.41 bits per heavy atom. The van der Waals surface area contributed by atoms with Crippen LogP contribution in [0.1, 0.15) is 26.3 Å². The van der Waals surface area contributed by atoms with Crippen molar-refractivity contribution in [2.24, 2.45) is 5.92 Å². The molecule has 0 aliphatic carbocycles. The summed E-state index contributed by atoms with van der Waals surface area (Å²) in [5, 5.41) is 0.582. The van der Waals surface area contributed by atoms with E-state index in [4.69, 9.17) is 11.6 Å². The molecule has 0 aliphatic heterocycles. The van der Waals surface area contributed by atoms with Gasteiger partial charge in [0.1, 0.15) is 0 Å². The number of allylic oxidation sites excluding steroid dienone is 1. The lowest BCUT2D eigenvalue weighted by Crippen LogP contribution is -2.15. The van der Waals surface area contributed by atoms with Crippen LogP contribution in [-0.4, -0.2) is 11.6 Å². The van der Waals surface area contributed by atoms with Crippen LogP contribution in [0.15, 0.2) is 29.8 Å². The molecule has 3 heteroatoms. The van der Waals surface area contributed by atoms with Gasteiger partial charge in [0.25, 0.3) is 0 Å². The van der Waals surface area contributed by atoms with E-state index < -0.39 is 0 Å². The first-order valence-electron chi connectivity index (χ1n) is 5.44. The summed E-state index contributed by atoms with van der Waals surface area (Å²) in [5.41, 5.74) is 0.985. The average Bonchev–Trinajstić information content (AvgIpc) is 2.24. The van der Waals surface area contributed by atoms with Crippen LogP contribution in [0.5, 0.6) is 0 Å². The van der Waals surface area contributed by atoms with Crippen LogP contribution in [0, 0.1) is 5.92 Å². The van der Waals surface area contributed by atoms with Crippen LogP contribution in [0.3, 0.4) is 0 Å². The molecule has 0 atom stereocenters. The van der Waals surface area contributed by atoms with E-state index in [9.17, 15) is 9.59 Å². The monoisotopic (exact) mass is 250 g/mol. The van der Waals surface area contributed by atoms with Gasteiger partial charge in [0.15, 0.2) is 11.6 Å². The maximum Gasteiger partial charge on any atom is 0.168 e. The number of halogens is 1. The molecular weight excluding hydrogens is 236 g/mol. The van der Waals surface area contributed by atoms with Crippen molar-refractivity contribution in [2.45, 2.75) is 20.8 Å². The zero-order valence-electron chi connectivity index (χ0n) is 10.2. The van der Waals surface area contributed by atoms with Crippen molar-refractivity contribution in [1.82, 2.24) is 0 Å². The Morgan fingerprint density at radius 2 is 1.94 bits per heavy atom. The molecule has 0 saturated heterocycles. The Hall–Kier alpha value is -1.41. The second kappa shape index (κ2) is 5.78. The van der Waals surface area contributed by atoms with Crippen molar-refractivity contribution in [3.63, 3.8) is 0 Å². The number of carbonyl (C=O) groups is 2. The second-order valence-corrected chi connectivity index (χ2v) is 4.62. The molecule has 0 bridgehead atoms. The number of carbonyl (C=O) groups excluding carboxylic acids is 2. The van der Waals surface area contributed by atoms with Gasteiger partial charge in [-0.2, -0.15) is 0 Å². The number of benzene rings is 1. The molecule has 2 nitrogen and oxygen atoms in total. The van der Waals surface area contributed by atoms with Crippen molar-refractivity contribution in [2.75, 3.05) is 0 Å². The highest BCUT2D eigenvalue weighted by Gasteiger charge is 2.17. The van der Waals surface area contributed by atoms with Crippen molar-refractivity contribution in [3.05, 3.63) is 40.4 Å². The first-order valence-corrected chi connectivity index (χ1v) is 5.82. The molecule has 90 valence electrons. The van der Waals surface area contributed by atoms with Gasteiger partial charge in [-0.05, 0) is 30.7 Å². The van der Waals surface area contributed by atoms with Crippen LogP contribution in [0.25, 0.3) is 6.08 Å². The average molecular weight is 251 g/mol. The normalized spacial score (nSPS) is 11.7. The minimum atomic E-state index is -0.219. The van der Waals surface area contributed by atoms with E-state index in [1.54, 1.807) is 38.1 Å². The van der Waals surface area contributed by atoms with Crippen molar-refractivity contribution < 1.29 is 9.59 Å². The molecule has 17 heavy (non-hydrogen) atoms. The summed E-state index contributed by atoms with van der Waals surface area (Å²) < 4.78 is 0. The zero-order chi connectivity index (χ0) is 13.0. The predicted molar refractivity (Wildman–Crippen MR) is 70.0 cm³/mol. The van der Waals surface area contributed by atoms with Crippen molar-refractivity contribution in [3.8, 4) is 0 Å². The number of rotatable bonds is 4. The molecule has 1 rings (SSSR count). The molecule has 0 aromatic heterocycles. The topological polar surface area (TPSA) is 34.1 Å². The van der Waals surface area contributed by atoms with Gasteiger partial charge in [-0.1, -0.05) is 37.6 Å². The highest BCUT2D eigenvalue weighted by Crippen LogP contribution is 2.16. The lowest BCUT2D eigenvalue weighted by molar-refractivity contribution is -0.122. The Morgan fingerprint density at radius 1 is 1.29 bits per heavy atom. The fourth-order valence-electron chi connectivity index (χ4n) is 1.42. The first kappa shape index (κ1) is 13.7. The molecule has 0 unspecified atom stereocenters. The summed E-state index contributed by atoms with van der Waals surface area (Å²) in [7, 11) is 0. The largest absolute Gasteiger partial charge is 0.294 e. The number of hydrogen-bond acceptors (Lipinski definition) is 2. The quantitative estimate of drug-likeness (QED) is 0.465. The second-order valence-electron chi connectivity index (χ2n) is 4.19. The fourth-order valence-corrected chi connectivity index (χ4v) is 1.62. The summed E-state index contributed by atoms with van der Waals surface area (Å²) in [4.78, 5) is 23.3. The molecule has 0 heterocycles. The number of Topliss-reactive ketones (excluding diaryl/α,β-unsaturated/α-hetero) is 2. The molecule has 1 aromatic carbocycles. The lowest BCUT2D eigenvalue weighted by Gasteiger charge is -2.06. The highest BCUT2D eigenvalue weighted by atomic mass is 35.5. The van der Waals surface area contributed by atoms with Crippen LogP contribution in [0.4, 0.5) is 0 Å². The van der Waals surface area contributed by atoms with E-state index in [1.807, 2.05) is 6.07 Å².